The topological polar surface area (TPSA) is 124 Å². The van der Waals surface area contributed by atoms with Crippen LogP contribution in [0.1, 0.15) is 6.92 Å². The molecule has 0 saturated carbocycles. The molecule has 8 nitrogen and oxygen atoms in total. The Morgan fingerprint density at radius 2 is 1.68 bits per heavy atom. The van der Waals surface area contributed by atoms with Gasteiger partial charge in [0, 0.05) is 25.7 Å². The number of nitrogens with zero attached hydrogens (tertiary/aromatic N) is 2. The maximum atomic E-state index is 12.3. The van der Waals surface area contributed by atoms with Crippen LogP contribution in [-0.2, 0) is 14.4 Å². The van der Waals surface area contributed by atoms with Gasteiger partial charge in [0.05, 0.1) is 18.9 Å². The highest BCUT2D eigenvalue weighted by Gasteiger charge is 2.30. The lowest BCUT2D eigenvalue weighted by molar-refractivity contribution is -0.146. The van der Waals surface area contributed by atoms with Crippen LogP contribution in [0.15, 0.2) is 24.3 Å². The van der Waals surface area contributed by atoms with Crippen molar-refractivity contribution in [3.05, 3.63) is 24.3 Å². The molecule has 0 aromatic heterocycles. The van der Waals surface area contributed by atoms with Gasteiger partial charge in [-0.05, 0) is 18.2 Å². The molecule has 120 valence electrons. The molecule has 8 heteroatoms. The molecular weight excluding hydrogens is 290 g/mol. The minimum atomic E-state index is -1.07. The molecule has 0 aliphatic carbocycles. The predicted octanol–water partition coefficient (Wildman–Crippen LogP) is -1.04. The Morgan fingerprint density at radius 1 is 1.09 bits per heavy atom. The Balaban J connectivity index is 3.08. The molecule has 1 rings (SSSR count). The molecule has 0 heterocycles. The first kappa shape index (κ1) is 17.6. The molecule has 1 aromatic carbocycles. The minimum absolute atomic E-state index is 0.117. The third-order valence-corrected chi connectivity index (χ3v) is 2.86. The van der Waals surface area contributed by atoms with E-state index in [1.165, 1.54) is 12.1 Å². The molecule has 0 fully saturated rings. The molecule has 1 aromatic rings. The van der Waals surface area contributed by atoms with Crippen LogP contribution in [-0.4, -0.2) is 59.1 Å². The molecule has 0 bridgehead atoms. The molecular formula is C14H19N3O5. The molecule has 0 spiro atoms. The number of carbonyl (C=O) groups excluding carboxylic acids is 3. The lowest BCUT2D eigenvalue weighted by atomic mass is 10.2. The fraction of sp³-hybridized carbons (Fsp3) is 0.357. The van der Waals surface area contributed by atoms with E-state index >= 15 is 0 Å². The van der Waals surface area contributed by atoms with Gasteiger partial charge in [0.15, 0.2) is 0 Å². The summed E-state index contributed by atoms with van der Waals surface area (Å²) in [5.41, 5.74) is 6.14. The highest BCUT2D eigenvalue weighted by Crippen LogP contribution is 2.18. The van der Waals surface area contributed by atoms with Crippen LogP contribution >= 0.6 is 0 Å². The maximum absolute atomic E-state index is 12.3. The van der Waals surface area contributed by atoms with Crippen LogP contribution in [0.4, 0.5) is 11.4 Å². The smallest absolute Gasteiger partial charge is 0.323 e. The average molecular weight is 309 g/mol. The van der Waals surface area contributed by atoms with Crippen LogP contribution in [0, 0.1) is 0 Å². The predicted molar refractivity (Wildman–Crippen MR) is 79.8 cm³/mol. The molecule has 0 atom stereocenters. The number of hydrogen-bond acceptors (Lipinski definition) is 6. The Morgan fingerprint density at radius 3 is 2.14 bits per heavy atom. The summed E-state index contributed by atoms with van der Waals surface area (Å²) in [5, 5.41) is 17.8. The normalized spacial score (nSPS) is 10.1. The second-order valence-corrected chi connectivity index (χ2v) is 4.49. The van der Waals surface area contributed by atoms with Crippen molar-refractivity contribution in [1.82, 2.24) is 4.90 Å². The molecule has 0 radical (unpaired) electrons. The summed E-state index contributed by atoms with van der Waals surface area (Å²) < 4.78 is 0. The number of nitrogens with two attached hydrogens (primary N) is 1. The third kappa shape index (κ3) is 4.27. The first-order valence-electron chi connectivity index (χ1n) is 6.63. The number of hydrogen-bond donors (Lipinski definition) is 3. The Hall–Kier alpha value is -2.45. The fourth-order valence-electron chi connectivity index (χ4n) is 1.89. The van der Waals surface area contributed by atoms with Crippen molar-refractivity contribution < 1.29 is 24.6 Å². The van der Waals surface area contributed by atoms with E-state index < -0.39 is 17.7 Å². The Kier molecular flexibility index (Phi) is 6.48. The van der Waals surface area contributed by atoms with E-state index in [0.717, 1.165) is 11.8 Å². The van der Waals surface area contributed by atoms with Crippen molar-refractivity contribution in [2.24, 2.45) is 0 Å². The van der Waals surface area contributed by atoms with E-state index in [1.807, 2.05) is 0 Å². The van der Waals surface area contributed by atoms with Crippen LogP contribution < -0.4 is 10.6 Å². The van der Waals surface area contributed by atoms with Crippen molar-refractivity contribution in [3.63, 3.8) is 0 Å². The first-order chi connectivity index (χ1) is 10.4. The summed E-state index contributed by atoms with van der Waals surface area (Å²) in [5.74, 6) is -2.70. The zero-order valence-electron chi connectivity index (χ0n) is 12.2. The lowest BCUT2D eigenvalue weighted by Gasteiger charge is -2.24. The molecule has 4 N–H and O–H groups in total. The van der Waals surface area contributed by atoms with Crippen molar-refractivity contribution in [2.75, 3.05) is 36.9 Å². The molecule has 3 amide bonds. The van der Waals surface area contributed by atoms with Crippen LogP contribution in [0.3, 0.4) is 0 Å². The summed E-state index contributed by atoms with van der Waals surface area (Å²) in [7, 11) is 0. The van der Waals surface area contributed by atoms with E-state index in [4.69, 9.17) is 15.9 Å². The summed E-state index contributed by atoms with van der Waals surface area (Å²) in [6.07, 6.45) is 0. The first-order valence-corrected chi connectivity index (χ1v) is 6.63. The maximum Gasteiger partial charge on any atom is 0.323 e. The number of benzene rings is 1. The van der Waals surface area contributed by atoms with Gasteiger partial charge in [0.2, 0.25) is 5.91 Å². The van der Waals surface area contributed by atoms with Crippen LogP contribution in [0.2, 0.25) is 0 Å². The number of rotatable bonds is 5. The van der Waals surface area contributed by atoms with E-state index in [-0.39, 0.29) is 32.0 Å². The van der Waals surface area contributed by atoms with E-state index in [1.54, 1.807) is 12.1 Å². The number of nitrogen functional groups attached to an aromatic ring is 1. The average Bonchev–Trinajstić information content (AvgIpc) is 2.46. The van der Waals surface area contributed by atoms with E-state index in [0.29, 0.717) is 10.6 Å². The number of anilines is 2. The van der Waals surface area contributed by atoms with Gasteiger partial charge >= 0.3 is 11.8 Å². The summed E-state index contributed by atoms with van der Waals surface area (Å²) in [4.78, 5) is 37.9. The van der Waals surface area contributed by atoms with Gasteiger partial charge in [-0.3, -0.25) is 14.4 Å². The molecule has 0 aliphatic heterocycles. The zero-order valence-corrected chi connectivity index (χ0v) is 12.2. The number of imide groups is 1. The van der Waals surface area contributed by atoms with Crippen LogP contribution in [0.25, 0.3) is 0 Å². The molecule has 22 heavy (non-hydrogen) atoms. The summed E-state index contributed by atoms with van der Waals surface area (Å²) >= 11 is 0. The van der Waals surface area contributed by atoms with Gasteiger partial charge in [0.1, 0.15) is 0 Å². The van der Waals surface area contributed by atoms with Gasteiger partial charge in [-0.15, -0.1) is 0 Å². The fourth-order valence-corrected chi connectivity index (χ4v) is 1.89. The zero-order chi connectivity index (χ0) is 16.7. The SMILES string of the molecule is CC(=O)N(C(=O)C(=O)N(CCO)CCO)c1cccc(N)c1. The van der Waals surface area contributed by atoms with Crippen molar-refractivity contribution in [3.8, 4) is 0 Å². The molecule has 0 unspecified atom stereocenters. The van der Waals surface area contributed by atoms with Gasteiger partial charge in [-0.1, -0.05) is 6.07 Å². The molecule has 0 aliphatic rings. The van der Waals surface area contributed by atoms with E-state index in [2.05, 4.69) is 0 Å². The van der Waals surface area contributed by atoms with Gasteiger partial charge in [0.25, 0.3) is 0 Å². The standard InChI is InChI=1S/C14H19N3O5/c1-10(20)17(12-4-2-3-11(15)9-12)14(22)13(21)16(5-7-18)6-8-19/h2-4,9,18-19H,5-8,15H2,1H3. The second kappa shape index (κ2) is 8.11. The van der Waals surface area contributed by atoms with Crippen molar-refractivity contribution in [2.45, 2.75) is 6.92 Å². The van der Waals surface area contributed by atoms with Crippen molar-refractivity contribution in [1.29, 1.82) is 0 Å². The molecule has 0 saturated heterocycles. The highest BCUT2D eigenvalue weighted by atomic mass is 16.3. The van der Waals surface area contributed by atoms with Gasteiger partial charge in [-0.25, -0.2) is 4.90 Å². The Bertz CT molecular complexity index is 555. The lowest BCUT2D eigenvalue weighted by Crippen LogP contribution is -2.48. The van der Waals surface area contributed by atoms with Crippen molar-refractivity contribution >= 4 is 29.1 Å². The van der Waals surface area contributed by atoms with Gasteiger partial charge < -0.3 is 20.8 Å². The third-order valence-electron chi connectivity index (χ3n) is 2.86. The van der Waals surface area contributed by atoms with Gasteiger partial charge in [-0.2, -0.15) is 0 Å². The number of carbonyl (C=O) groups is 3. The highest BCUT2D eigenvalue weighted by molar-refractivity contribution is 6.45. The second-order valence-electron chi connectivity index (χ2n) is 4.49. The largest absolute Gasteiger partial charge is 0.399 e. The quantitative estimate of drug-likeness (QED) is 0.471. The monoisotopic (exact) mass is 309 g/mol. The minimum Gasteiger partial charge on any atom is -0.399 e. The Labute approximate surface area is 127 Å². The summed E-state index contributed by atoms with van der Waals surface area (Å²) in [6.45, 7) is 0.188. The summed E-state index contributed by atoms with van der Waals surface area (Å²) in [6, 6.07) is 6.01. The number of amides is 3. The number of aliphatic hydroxyl groups excluding tert-OH is 2. The van der Waals surface area contributed by atoms with Crippen LogP contribution in [0.5, 0.6) is 0 Å². The van der Waals surface area contributed by atoms with E-state index in [9.17, 15) is 14.4 Å². The number of aliphatic hydroxyl groups is 2.